The molecule has 6 heteroatoms. The molecule has 0 saturated carbocycles. The van der Waals surface area contributed by atoms with Crippen LogP contribution in [0.5, 0.6) is 5.75 Å². The van der Waals surface area contributed by atoms with Crippen molar-refractivity contribution in [3.05, 3.63) is 24.3 Å². The number of hydrogen-bond acceptors (Lipinski definition) is 3. The van der Waals surface area contributed by atoms with Crippen LogP contribution in [-0.2, 0) is 4.79 Å². The minimum Gasteiger partial charge on any atom is -0.497 e. The Balaban J connectivity index is 1.85. The first-order valence-electron chi connectivity index (χ1n) is 6.55. The number of alkyl halides is 2. The average molecular weight is 284 g/mol. The monoisotopic (exact) mass is 284 g/mol. The van der Waals surface area contributed by atoms with E-state index in [9.17, 15) is 13.6 Å². The molecular weight excluding hydrogens is 266 g/mol. The molecule has 0 aliphatic carbocycles. The smallest absolute Gasteiger partial charge is 0.302 e. The van der Waals surface area contributed by atoms with E-state index in [0.29, 0.717) is 17.9 Å². The lowest BCUT2D eigenvalue weighted by Crippen LogP contribution is -2.44. The topological polar surface area (TPSA) is 50.4 Å². The number of rotatable bonds is 4. The summed E-state index contributed by atoms with van der Waals surface area (Å²) in [7, 11) is 1.56. The highest BCUT2D eigenvalue weighted by molar-refractivity contribution is 5.90. The molecule has 0 spiro atoms. The molecule has 1 saturated heterocycles. The Hall–Kier alpha value is -1.69. The third-order valence-electron chi connectivity index (χ3n) is 3.33. The van der Waals surface area contributed by atoms with Crippen LogP contribution in [0.4, 0.5) is 14.5 Å². The molecule has 20 heavy (non-hydrogen) atoms. The molecule has 1 aliphatic heterocycles. The number of halogens is 2. The van der Waals surface area contributed by atoms with Gasteiger partial charge >= 0.3 is 6.05 Å². The number of nitrogens with one attached hydrogen (secondary N) is 2. The Bertz CT molecular complexity index is 463. The minimum atomic E-state index is -2.86. The molecule has 0 bridgehead atoms. The van der Waals surface area contributed by atoms with Crippen molar-refractivity contribution >= 4 is 11.6 Å². The summed E-state index contributed by atoms with van der Waals surface area (Å²) in [6, 6.07) is 4.04. The summed E-state index contributed by atoms with van der Waals surface area (Å²) >= 11 is 0. The summed E-state index contributed by atoms with van der Waals surface area (Å²) in [5, 5.41) is 4.85. The molecule has 0 aromatic heterocycles. The Morgan fingerprint density at radius 2 is 2.15 bits per heavy atom. The first kappa shape index (κ1) is 14.7. The Morgan fingerprint density at radius 3 is 2.75 bits per heavy atom. The van der Waals surface area contributed by atoms with Crippen LogP contribution in [0, 0.1) is 5.92 Å². The molecule has 1 atom stereocenters. The predicted molar refractivity (Wildman–Crippen MR) is 71.9 cm³/mol. The lowest BCUT2D eigenvalue weighted by molar-refractivity contribution is -0.119. The molecule has 1 aromatic carbocycles. The van der Waals surface area contributed by atoms with Gasteiger partial charge in [0.15, 0.2) is 0 Å². The highest BCUT2D eigenvalue weighted by Gasteiger charge is 2.36. The summed E-state index contributed by atoms with van der Waals surface area (Å²) in [6.07, 6.45) is 0.415. The number of benzene rings is 1. The molecule has 0 radical (unpaired) electrons. The summed E-state index contributed by atoms with van der Waals surface area (Å²) in [4.78, 5) is 11.8. The number of hydrogen-bond donors (Lipinski definition) is 2. The zero-order valence-electron chi connectivity index (χ0n) is 11.3. The zero-order valence-corrected chi connectivity index (χ0v) is 11.3. The van der Waals surface area contributed by atoms with Crippen molar-refractivity contribution in [3.8, 4) is 5.75 Å². The van der Waals surface area contributed by atoms with Crippen LogP contribution in [-0.4, -0.2) is 25.6 Å². The van der Waals surface area contributed by atoms with Crippen molar-refractivity contribution in [2.45, 2.75) is 25.3 Å². The largest absolute Gasteiger partial charge is 0.497 e. The van der Waals surface area contributed by atoms with Crippen molar-refractivity contribution in [2.24, 2.45) is 5.92 Å². The summed E-state index contributed by atoms with van der Waals surface area (Å²) in [5.41, 5.74) is 0.636. The molecule has 110 valence electrons. The number of carbonyl (C=O) groups excluding carboxylic acids is 1. The second-order valence-corrected chi connectivity index (χ2v) is 4.97. The van der Waals surface area contributed by atoms with Crippen LogP contribution in [0.2, 0.25) is 0 Å². The van der Waals surface area contributed by atoms with Gasteiger partial charge in [-0.15, -0.1) is 0 Å². The van der Waals surface area contributed by atoms with Gasteiger partial charge in [0.2, 0.25) is 5.91 Å². The van der Waals surface area contributed by atoms with Crippen LogP contribution in [0.3, 0.4) is 0 Å². The summed E-state index contributed by atoms with van der Waals surface area (Å²) in [5.74, 6) is 0.170. The van der Waals surface area contributed by atoms with Gasteiger partial charge < -0.3 is 10.1 Å². The second-order valence-electron chi connectivity index (χ2n) is 4.97. The SMILES string of the molecule is COc1ccc(NC(=O)CC2CCNC(F)(F)C2)cc1. The van der Waals surface area contributed by atoms with Gasteiger partial charge in [0, 0.05) is 25.1 Å². The van der Waals surface area contributed by atoms with E-state index in [1.165, 1.54) is 0 Å². The lowest BCUT2D eigenvalue weighted by Gasteiger charge is -2.29. The van der Waals surface area contributed by atoms with Gasteiger partial charge in [-0.1, -0.05) is 0 Å². The van der Waals surface area contributed by atoms with Crippen LogP contribution >= 0.6 is 0 Å². The highest BCUT2D eigenvalue weighted by atomic mass is 19.3. The van der Waals surface area contributed by atoms with Crippen LogP contribution in [0.25, 0.3) is 0 Å². The van der Waals surface area contributed by atoms with Gasteiger partial charge in [0.25, 0.3) is 0 Å². The number of methoxy groups -OCH3 is 1. The van der Waals surface area contributed by atoms with Gasteiger partial charge in [0.05, 0.1) is 7.11 Å². The van der Waals surface area contributed by atoms with E-state index in [1.54, 1.807) is 31.4 Å². The third kappa shape index (κ3) is 4.16. The Kier molecular flexibility index (Phi) is 4.54. The van der Waals surface area contributed by atoms with Crippen molar-refractivity contribution < 1.29 is 18.3 Å². The van der Waals surface area contributed by atoms with E-state index in [0.717, 1.165) is 0 Å². The fourth-order valence-corrected chi connectivity index (χ4v) is 2.32. The fourth-order valence-electron chi connectivity index (χ4n) is 2.32. The third-order valence-corrected chi connectivity index (χ3v) is 3.33. The average Bonchev–Trinajstić information content (AvgIpc) is 2.38. The van der Waals surface area contributed by atoms with E-state index in [-0.39, 0.29) is 31.2 Å². The van der Waals surface area contributed by atoms with Crippen molar-refractivity contribution in [1.29, 1.82) is 0 Å². The number of ether oxygens (including phenoxy) is 1. The predicted octanol–water partition coefficient (Wildman–Crippen LogP) is 2.62. The zero-order chi connectivity index (χ0) is 14.6. The molecule has 1 fully saturated rings. The fraction of sp³-hybridized carbons (Fsp3) is 0.500. The first-order chi connectivity index (χ1) is 9.48. The molecule has 1 aromatic rings. The molecule has 1 aliphatic rings. The standard InChI is InChI=1S/C14H18F2N2O2/c1-20-12-4-2-11(3-5-12)18-13(19)8-10-6-7-17-14(15,16)9-10/h2-5,10,17H,6-9H2,1H3,(H,18,19). The maximum absolute atomic E-state index is 13.2. The van der Waals surface area contributed by atoms with Crippen LogP contribution in [0.15, 0.2) is 24.3 Å². The van der Waals surface area contributed by atoms with E-state index < -0.39 is 6.05 Å². The quantitative estimate of drug-likeness (QED) is 0.836. The summed E-state index contributed by atoms with van der Waals surface area (Å²) in [6.45, 7) is 0.244. The maximum Gasteiger partial charge on any atom is 0.302 e. The molecule has 1 amide bonds. The molecular formula is C14H18F2N2O2. The summed E-state index contributed by atoms with van der Waals surface area (Å²) < 4.78 is 31.3. The molecule has 1 heterocycles. The van der Waals surface area contributed by atoms with Crippen LogP contribution < -0.4 is 15.4 Å². The van der Waals surface area contributed by atoms with E-state index in [4.69, 9.17) is 4.74 Å². The van der Waals surface area contributed by atoms with E-state index >= 15 is 0 Å². The van der Waals surface area contributed by atoms with E-state index in [1.807, 2.05) is 0 Å². The number of carbonyl (C=O) groups is 1. The number of amides is 1. The Morgan fingerprint density at radius 1 is 1.45 bits per heavy atom. The van der Waals surface area contributed by atoms with Gasteiger partial charge in [-0.05, 0) is 36.6 Å². The van der Waals surface area contributed by atoms with Gasteiger partial charge in [-0.25, -0.2) is 0 Å². The minimum absolute atomic E-state index is 0.114. The van der Waals surface area contributed by atoms with Gasteiger partial charge in [0.1, 0.15) is 5.75 Å². The normalized spacial score (nSPS) is 21.2. The second kappa shape index (κ2) is 6.17. The molecule has 1 unspecified atom stereocenters. The van der Waals surface area contributed by atoms with Crippen molar-refractivity contribution in [2.75, 3.05) is 19.0 Å². The number of piperidine rings is 1. The van der Waals surface area contributed by atoms with Gasteiger partial charge in [-0.3, -0.25) is 10.1 Å². The van der Waals surface area contributed by atoms with Crippen molar-refractivity contribution in [3.63, 3.8) is 0 Å². The number of anilines is 1. The van der Waals surface area contributed by atoms with Crippen LogP contribution in [0.1, 0.15) is 19.3 Å². The molecule has 2 rings (SSSR count). The maximum atomic E-state index is 13.2. The Labute approximate surface area is 116 Å². The first-order valence-corrected chi connectivity index (χ1v) is 6.55. The van der Waals surface area contributed by atoms with Crippen molar-refractivity contribution in [1.82, 2.24) is 5.32 Å². The van der Waals surface area contributed by atoms with E-state index in [2.05, 4.69) is 10.6 Å². The molecule has 4 nitrogen and oxygen atoms in total. The lowest BCUT2D eigenvalue weighted by atomic mass is 9.93. The van der Waals surface area contributed by atoms with Gasteiger partial charge in [-0.2, -0.15) is 8.78 Å². The molecule has 2 N–H and O–H groups in total. The highest BCUT2D eigenvalue weighted by Crippen LogP contribution is 2.29.